The molecule has 2 fully saturated rings. The lowest BCUT2D eigenvalue weighted by molar-refractivity contribution is -0.0125. The number of nitrogens with one attached hydrogen (secondary N) is 2. The van der Waals surface area contributed by atoms with Crippen molar-refractivity contribution in [1.82, 2.24) is 14.7 Å². The van der Waals surface area contributed by atoms with E-state index in [1.165, 1.54) is 48.3 Å². The molecule has 1 aliphatic heterocycles. The number of ether oxygens (including phenoxy) is 2. The van der Waals surface area contributed by atoms with Crippen molar-refractivity contribution >= 4 is 28.3 Å². The molecule has 166 valence electrons. The molecule has 6 nitrogen and oxygen atoms in total. The van der Waals surface area contributed by atoms with Crippen LogP contribution < -0.4 is 20.1 Å². The first-order valence-electron chi connectivity index (χ1n) is 11.1. The van der Waals surface area contributed by atoms with E-state index in [-0.39, 0.29) is 0 Å². The lowest BCUT2D eigenvalue weighted by Gasteiger charge is -2.58. The van der Waals surface area contributed by atoms with E-state index in [0.29, 0.717) is 24.3 Å². The molecule has 2 heterocycles. The molecule has 6 rings (SSSR count). The fourth-order valence-corrected chi connectivity index (χ4v) is 6.00. The topological polar surface area (TPSA) is 68.3 Å². The highest BCUT2D eigenvalue weighted by molar-refractivity contribution is 7.09. The molecule has 2 N–H and O–H groups in total. The summed E-state index contributed by atoms with van der Waals surface area (Å²) in [7, 11) is 0. The largest absolute Gasteiger partial charge is 0.454 e. The number of halogens is 1. The summed E-state index contributed by atoms with van der Waals surface area (Å²) >= 11 is 7.42. The Bertz CT molecular complexity index is 1110. The van der Waals surface area contributed by atoms with Crippen LogP contribution in [0.3, 0.4) is 0 Å². The average Bonchev–Trinajstić information content (AvgIpc) is 3.38. The molecule has 1 aromatic heterocycles. The van der Waals surface area contributed by atoms with E-state index < -0.39 is 0 Å². The third kappa shape index (κ3) is 4.17. The van der Waals surface area contributed by atoms with Gasteiger partial charge in [0.1, 0.15) is 5.82 Å². The second kappa shape index (κ2) is 8.21. The van der Waals surface area contributed by atoms with Gasteiger partial charge in [-0.3, -0.25) is 0 Å². The van der Waals surface area contributed by atoms with Crippen LogP contribution in [0.1, 0.15) is 42.6 Å². The summed E-state index contributed by atoms with van der Waals surface area (Å²) in [5.74, 6) is 2.57. The van der Waals surface area contributed by atoms with E-state index in [4.69, 9.17) is 21.1 Å². The minimum absolute atomic E-state index is 0.327. The predicted molar refractivity (Wildman–Crippen MR) is 126 cm³/mol. The van der Waals surface area contributed by atoms with Gasteiger partial charge in [-0.25, -0.2) is 4.98 Å². The molecule has 3 aliphatic rings. The fraction of sp³-hybridized carbons (Fsp3) is 0.417. The van der Waals surface area contributed by atoms with Crippen LogP contribution in [0.4, 0.5) is 5.13 Å². The average molecular weight is 469 g/mol. The molecule has 0 amide bonds. The van der Waals surface area contributed by atoms with Gasteiger partial charge in [-0.05, 0) is 66.5 Å². The van der Waals surface area contributed by atoms with Gasteiger partial charge < -0.3 is 20.1 Å². The van der Waals surface area contributed by atoms with Gasteiger partial charge in [-0.1, -0.05) is 29.8 Å². The predicted octanol–water partition coefficient (Wildman–Crippen LogP) is 5.02. The highest BCUT2D eigenvalue weighted by Gasteiger charge is 2.52. The first-order chi connectivity index (χ1) is 15.6. The van der Waals surface area contributed by atoms with Crippen LogP contribution in [0.2, 0.25) is 5.02 Å². The van der Waals surface area contributed by atoms with Gasteiger partial charge in [0.25, 0.3) is 0 Å². The van der Waals surface area contributed by atoms with Crippen molar-refractivity contribution in [3.8, 4) is 11.5 Å². The minimum Gasteiger partial charge on any atom is -0.454 e. The molecule has 8 heteroatoms. The highest BCUT2D eigenvalue weighted by atomic mass is 35.5. The van der Waals surface area contributed by atoms with Crippen LogP contribution in [0.25, 0.3) is 0 Å². The Morgan fingerprint density at radius 3 is 2.56 bits per heavy atom. The molecule has 0 atom stereocenters. The Kier molecular flexibility index (Phi) is 5.20. The van der Waals surface area contributed by atoms with E-state index in [0.717, 1.165) is 40.4 Å². The molecule has 0 saturated heterocycles. The maximum atomic E-state index is 5.96. The summed E-state index contributed by atoms with van der Waals surface area (Å²) in [5, 5.41) is 8.98. The van der Waals surface area contributed by atoms with Gasteiger partial charge in [-0.15, -0.1) is 0 Å². The first-order valence-corrected chi connectivity index (χ1v) is 12.2. The van der Waals surface area contributed by atoms with E-state index in [1.54, 1.807) is 0 Å². The summed E-state index contributed by atoms with van der Waals surface area (Å²) in [6.07, 6.45) is 5.70. The number of aromatic nitrogens is 2. The van der Waals surface area contributed by atoms with Gasteiger partial charge >= 0.3 is 0 Å². The van der Waals surface area contributed by atoms with E-state index in [2.05, 4.69) is 32.1 Å². The van der Waals surface area contributed by atoms with Crippen molar-refractivity contribution in [2.45, 2.75) is 50.7 Å². The number of fused-ring (bicyclic) bond motifs is 1. The van der Waals surface area contributed by atoms with Crippen molar-refractivity contribution in [2.24, 2.45) is 5.41 Å². The van der Waals surface area contributed by atoms with Crippen LogP contribution in [-0.4, -0.2) is 28.2 Å². The summed E-state index contributed by atoms with van der Waals surface area (Å²) in [4.78, 5) is 4.68. The number of benzene rings is 2. The van der Waals surface area contributed by atoms with Crippen LogP contribution in [0.15, 0.2) is 42.5 Å². The van der Waals surface area contributed by atoms with Crippen molar-refractivity contribution in [3.63, 3.8) is 0 Å². The normalized spacial score (nSPS) is 25.4. The van der Waals surface area contributed by atoms with Gasteiger partial charge in [0, 0.05) is 41.6 Å². The van der Waals surface area contributed by atoms with Crippen LogP contribution in [-0.2, 0) is 13.0 Å². The molecule has 1 spiro atoms. The molecular weight excluding hydrogens is 444 g/mol. The third-order valence-electron chi connectivity index (χ3n) is 6.82. The molecule has 32 heavy (non-hydrogen) atoms. The molecule has 2 aromatic carbocycles. The number of anilines is 1. The quantitative estimate of drug-likeness (QED) is 0.507. The lowest BCUT2D eigenvalue weighted by atomic mass is 9.52. The fourth-order valence-electron chi connectivity index (χ4n) is 5.21. The summed E-state index contributed by atoms with van der Waals surface area (Å²) in [6, 6.07) is 15.2. The number of nitrogens with zero attached hydrogens (tertiary/aromatic N) is 2. The number of hydrogen-bond acceptors (Lipinski definition) is 7. The molecule has 0 unspecified atom stereocenters. The number of rotatable bonds is 7. The summed E-state index contributed by atoms with van der Waals surface area (Å²) in [5.41, 5.74) is 2.94. The smallest absolute Gasteiger partial charge is 0.231 e. The van der Waals surface area contributed by atoms with Crippen molar-refractivity contribution < 1.29 is 9.47 Å². The van der Waals surface area contributed by atoms with Crippen molar-refractivity contribution in [1.29, 1.82) is 0 Å². The molecule has 3 aromatic rings. The highest BCUT2D eigenvalue weighted by Crippen LogP contribution is 2.56. The van der Waals surface area contributed by atoms with Crippen LogP contribution in [0.5, 0.6) is 11.5 Å². The van der Waals surface area contributed by atoms with Crippen LogP contribution >= 0.6 is 23.1 Å². The minimum atomic E-state index is 0.327. The Morgan fingerprint density at radius 2 is 1.72 bits per heavy atom. The third-order valence-corrected chi connectivity index (χ3v) is 7.76. The Labute approximate surface area is 196 Å². The van der Waals surface area contributed by atoms with Gasteiger partial charge in [-0.2, -0.15) is 4.37 Å². The second-order valence-electron chi connectivity index (χ2n) is 9.24. The van der Waals surface area contributed by atoms with Crippen molar-refractivity contribution in [2.75, 3.05) is 12.1 Å². The molecule has 0 bridgehead atoms. The summed E-state index contributed by atoms with van der Waals surface area (Å²) < 4.78 is 15.4. The first kappa shape index (κ1) is 20.3. The molecule has 0 radical (unpaired) electrons. The lowest BCUT2D eigenvalue weighted by Crippen LogP contribution is -2.58. The second-order valence-corrected chi connectivity index (χ2v) is 10.4. The van der Waals surface area contributed by atoms with Gasteiger partial charge in [0.05, 0.1) is 0 Å². The molecule has 2 aliphatic carbocycles. The molecular formula is C24H25ClN4O2S. The van der Waals surface area contributed by atoms with Gasteiger partial charge in [0.2, 0.25) is 11.9 Å². The Hall–Kier alpha value is -2.35. The molecule has 2 saturated carbocycles. The maximum Gasteiger partial charge on any atom is 0.231 e. The Balaban J connectivity index is 0.935. The monoisotopic (exact) mass is 468 g/mol. The van der Waals surface area contributed by atoms with Crippen LogP contribution in [0, 0.1) is 5.41 Å². The SMILES string of the molecule is Clc1ccc(Cc2nsc(NC3CC4(CC(NCc5ccc6c(c5)OCO6)C4)C3)n2)cc1. The zero-order chi connectivity index (χ0) is 21.5. The number of hydrogen-bond donors (Lipinski definition) is 2. The zero-order valence-corrected chi connectivity index (χ0v) is 19.2. The van der Waals surface area contributed by atoms with Crippen molar-refractivity contribution in [3.05, 3.63) is 64.4 Å². The van der Waals surface area contributed by atoms with Gasteiger partial charge in [0.15, 0.2) is 11.5 Å². The van der Waals surface area contributed by atoms with E-state index in [9.17, 15) is 0 Å². The maximum absolute atomic E-state index is 5.96. The zero-order valence-electron chi connectivity index (χ0n) is 17.6. The van der Waals surface area contributed by atoms with E-state index in [1.807, 2.05) is 30.3 Å². The summed E-state index contributed by atoms with van der Waals surface area (Å²) in [6.45, 7) is 1.20. The Morgan fingerprint density at radius 1 is 0.969 bits per heavy atom. The van der Waals surface area contributed by atoms with E-state index >= 15 is 0 Å². The standard InChI is InChI=1S/C24H25ClN4O2S/c25-17-4-1-15(2-5-17)8-22-28-23(32-29-22)27-19-11-24(12-19)9-18(10-24)26-13-16-3-6-20-21(7-16)31-14-30-20/h1-7,18-19,26H,8-14H2,(H,27,28,29).